The van der Waals surface area contributed by atoms with Crippen LogP contribution < -0.4 is 5.32 Å². The van der Waals surface area contributed by atoms with Crippen LogP contribution >= 0.6 is 0 Å². The minimum atomic E-state index is -3.81. The van der Waals surface area contributed by atoms with Crippen molar-refractivity contribution >= 4 is 15.9 Å². The molecule has 0 atom stereocenters. The first kappa shape index (κ1) is 16.4. The van der Waals surface area contributed by atoms with Gasteiger partial charge in [0.25, 0.3) is 0 Å². The maximum atomic E-state index is 12.2. The third-order valence-corrected chi connectivity index (χ3v) is 4.32. The van der Waals surface area contributed by atoms with Gasteiger partial charge in [0, 0.05) is 20.7 Å². The van der Waals surface area contributed by atoms with Crippen molar-refractivity contribution in [3.05, 3.63) is 24.3 Å². The normalized spacial score (nSPS) is 11.6. The van der Waals surface area contributed by atoms with E-state index in [1.54, 1.807) is 0 Å². The van der Waals surface area contributed by atoms with Crippen molar-refractivity contribution in [3.63, 3.8) is 0 Å². The number of hydrogen-bond donors (Lipinski definition) is 2. The molecule has 0 saturated heterocycles. The summed E-state index contributed by atoms with van der Waals surface area (Å²) in [5, 5.41) is 11.8. The highest BCUT2D eigenvalue weighted by molar-refractivity contribution is 7.89. The summed E-state index contributed by atoms with van der Waals surface area (Å²) in [7, 11) is -1.00. The molecule has 0 unspecified atom stereocenters. The van der Waals surface area contributed by atoms with Crippen molar-refractivity contribution in [1.29, 1.82) is 0 Å². The second-order valence-electron chi connectivity index (χ2n) is 4.10. The maximum absolute atomic E-state index is 12.2. The molecule has 0 fully saturated rings. The van der Waals surface area contributed by atoms with Crippen molar-refractivity contribution in [2.75, 3.05) is 33.9 Å². The number of carbonyl (C=O) groups is 1. The Labute approximate surface area is 118 Å². The SMILES string of the molecule is COCCNC(=O)CN(C)S(=O)(=O)c1cccc(O)c1. The Hall–Kier alpha value is -1.64. The number of sulfonamides is 1. The van der Waals surface area contributed by atoms with Crippen LogP contribution in [0.1, 0.15) is 0 Å². The zero-order valence-corrected chi connectivity index (χ0v) is 12.2. The van der Waals surface area contributed by atoms with Crippen LogP contribution in [-0.2, 0) is 19.6 Å². The molecule has 2 N–H and O–H groups in total. The number of rotatable bonds is 7. The summed E-state index contributed by atoms with van der Waals surface area (Å²) in [5.41, 5.74) is 0. The molecule has 1 rings (SSSR count). The summed E-state index contributed by atoms with van der Waals surface area (Å²) in [6, 6.07) is 5.29. The van der Waals surface area contributed by atoms with Gasteiger partial charge in [0.2, 0.25) is 15.9 Å². The van der Waals surface area contributed by atoms with Crippen LogP contribution in [0.5, 0.6) is 5.75 Å². The van der Waals surface area contributed by atoms with Gasteiger partial charge in [-0.2, -0.15) is 4.31 Å². The van der Waals surface area contributed by atoms with Crippen LogP contribution in [0.2, 0.25) is 0 Å². The summed E-state index contributed by atoms with van der Waals surface area (Å²) >= 11 is 0. The Balaban J connectivity index is 2.70. The number of hydrogen-bond acceptors (Lipinski definition) is 5. The van der Waals surface area contributed by atoms with Crippen LogP contribution in [0.15, 0.2) is 29.2 Å². The second kappa shape index (κ2) is 7.22. The van der Waals surface area contributed by atoms with E-state index in [0.29, 0.717) is 13.2 Å². The van der Waals surface area contributed by atoms with Crippen molar-refractivity contribution in [1.82, 2.24) is 9.62 Å². The molecule has 0 radical (unpaired) electrons. The lowest BCUT2D eigenvalue weighted by Crippen LogP contribution is -2.39. The number of phenolic OH excluding ortho intramolecular Hbond substituents is 1. The van der Waals surface area contributed by atoms with E-state index in [-0.39, 0.29) is 17.2 Å². The highest BCUT2D eigenvalue weighted by Crippen LogP contribution is 2.18. The van der Waals surface area contributed by atoms with Gasteiger partial charge in [0.15, 0.2) is 0 Å². The van der Waals surface area contributed by atoms with E-state index in [0.717, 1.165) is 10.4 Å². The predicted molar refractivity (Wildman–Crippen MR) is 72.8 cm³/mol. The number of nitrogens with one attached hydrogen (secondary N) is 1. The monoisotopic (exact) mass is 302 g/mol. The maximum Gasteiger partial charge on any atom is 0.243 e. The van der Waals surface area contributed by atoms with E-state index in [1.165, 1.54) is 32.4 Å². The summed E-state index contributed by atoms with van der Waals surface area (Å²) in [5.74, 6) is -0.572. The van der Waals surface area contributed by atoms with E-state index in [4.69, 9.17) is 4.74 Å². The molecule has 1 aromatic rings. The zero-order valence-electron chi connectivity index (χ0n) is 11.4. The molecule has 0 aliphatic rings. The minimum Gasteiger partial charge on any atom is -0.508 e. The van der Waals surface area contributed by atoms with Crippen molar-refractivity contribution in [2.24, 2.45) is 0 Å². The van der Waals surface area contributed by atoms with Crippen LogP contribution in [-0.4, -0.2) is 57.6 Å². The predicted octanol–water partition coefficient (Wildman–Crippen LogP) is -0.225. The number of ether oxygens (including phenoxy) is 1. The van der Waals surface area contributed by atoms with E-state index < -0.39 is 15.9 Å². The smallest absolute Gasteiger partial charge is 0.243 e. The first-order valence-electron chi connectivity index (χ1n) is 5.89. The number of phenols is 1. The molecule has 0 bridgehead atoms. The molecule has 0 heterocycles. The third-order valence-electron chi connectivity index (χ3n) is 2.52. The van der Waals surface area contributed by atoms with Crippen molar-refractivity contribution in [3.8, 4) is 5.75 Å². The van der Waals surface area contributed by atoms with Gasteiger partial charge in [0.1, 0.15) is 5.75 Å². The highest BCUT2D eigenvalue weighted by Gasteiger charge is 2.23. The Morgan fingerprint density at radius 1 is 1.45 bits per heavy atom. The molecule has 0 saturated carbocycles. The second-order valence-corrected chi connectivity index (χ2v) is 6.15. The van der Waals surface area contributed by atoms with Gasteiger partial charge in [-0.15, -0.1) is 0 Å². The average Bonchev–Trinajstić information content (AvgIpc) is 2.39. The van der Waals surface area contributed by atoms with Crippen LogP contribution in [0.25, 0.3) is 0 Å². The van der Waals surface area contributed by atoms with Gasteiger partial charge >= 0.3 is 0 Å². The Morgan fingerprint density at radius 3 is 2.75 bits per heavy atom. The molecular weight excluding hydrogens is 284 g/mol. The van der Waals surface area contributed by atoms with E-state index >= 15 is 0 Å². The first-order chi connectivity index (χ1) is 9.37. The summed E-state index contributed by atoms with van der Waals surface area (Å²) in [4.78, 5) is 11.5. The number of methoxy groups -OCH3 is 1. The van der Waals surface area contributed by atoms with Gasteiger partial charge in [-0.25, -0.2) is 8.42 Å². The van der Waals surface area contributed by atoms with Crippen LogP contribution in [0, 0.1) is 0 Å². The Kier molecular flexibility index (Phi) is 5.93. The first-order valence-corrected chi connectivity index (χ1v) is 7.33. The third kappa shape index (κ3) is 4.48. The molecular formula is C12H18N2O5S. The summed E-state index contributed by atoms with van der Waals surface area (Å²) < 4.78 is 30.0. The van der Waals surface area contributed by atoms with E-state index in [9.17, 15) is 18.3 Å². The van der Waals surface area contributed by atoms with Gasteiger partial charge in [0.05, 0.1) is 18.0 Å². The Bertz CT molecular complexity index is 559. The lowest BCUT2D eigenvalue weighted by molar-refractivity contribution is -0.121. The lowest BCUT2D eigenvalue weighted by Gasteiger charge is -2.16. The van der Waals surface area contributed by atoms with E-state index in [2.05, 4.69) is 5.32 Å². The topological polar surface area (TPSA) is 95.9 Å². The quantitative estimate of drug-likeness (QED) is 0.679. The zero-order chi connectivity index (χ0) is 15.2. The number of likely N-dealkylation sites (N-methyl/N-ethyl adjacent to an activating group) is 1. The molecule has 0 aliphatic heterocycles. The fourth-order valence-electron chi connectivity index (χ4n) is 1.46. The molecule has 1 aromatic carbocycles. The van der Waals surface area contributed by atoms with Crippen molar-refractivity contribution < 1.29 is 23.1 Å². The fourth-order valence-corrected chi connectivity index (χ4v) is 2.63. The highest BCUT2D eigenvalue weighted by atomic mass is 32.2. The van der Waals surface area contributed by atoms with E-state index in [1.807, 2.05) is 0 Å². The molecule has 7 nitrogen and oxygen atoms in total. The standard InChI is InChI=1S/C12H18N2O5S/c1-14(9-12(16)13-6-7-19-2)20(17,18)11-5-3-4-10(15)8-11/h3-5,8,15H,6-7,9H2,1-2H3,(H,13,16). The Morgan fingerprint density at radius 2 is 2.15 bits per heavy atom. The van der Waals surface area contributed by atoms with Gasteiger partial charge in [-0.1, -0.05) is 6.07 Å². The van der Waals surface area contributed by atoms with Gasteiger partial charge in [-0.3, -0.25) is 4.79 Å². The lowest BCUT2D eigenvalue weighted by atomic mass is 10.3. The number of carbonyl (C=O) groups excluding carboxylic acids is 1. The molecule has 112 valence electrons. The molecule has 0 spiro atoms. The van der Waals surface area contributed by atoms with Gasteiger partial charge < -0.3 is 15.2 Å². The summed E-state index contributed by atoms with van der Waals surface area (Å²) in [6.07, 6.45) is 0. The fraction of sp³-hybridized carbons (Fsp3) is 0.417. The molecule has 0 aromatic heterocycles. The molecule has 0 aliphatic carbocycles. The van der Waals surface area contributed by atoms with Gasteiger partial charge in [-0.05, 0) is 18.2 Å². The summed E-state index contributed by atoms with van der Waals surface area (Å²) in [6.45, 7) is 0.367. The number of nitrogens with zero attached hydrogens (tertiary/aromatic N) is 1. The number of benzene rings is 1. The molecule has 20 heavy (non-hydrogen) atoms. The van der Waals surface area contributed by atoms with Crippen LogP contribution in [0.4, 0.5) is 0 Å². The minimum absolute atomic E-state index is 0.0651. The molecule has 1 amide bonds. The number of aromatic hydroxyl groups is 1. The number of amides is 1. The average molecular weight is 302 g/mol. The van der Waals surface area contributed by atoms with Crippen LogP contribution in [0.3, 0.4) is 0 Å². The largest absolute Gasteiger partial charge is 0.508 e. The molecule has 8 heteroatoms. The van der Waals surface area contributed by atoms with Crippen molar-refractivity contribution in [2.45, 2.75) is 4.90 Å².